The molecule has 0 saturated heterocycles. The van der Waals surface area contributed by atoms with E-state index in [2.05, 4.69) is 0 Å². The minimum Gasteiger partial charge on any atom is -0.329 e. The average Bonchev–Trinajstić information content (AvgIpc) is 2.15. The van der Waals surface area contributed by atoms with Gasteiger partial charge < -0.3 is 4.55 Å². The van der Waals surface area contributed by atoms with Crippen LogP contribution in [-0.2, 0) is 0 Å². The predicted molar refractivity (Wildman–Crippen MR) is 62.5 cm³/mol. The van der Waals surface area contributed by atoms with Crippen LogP contribution in [0.4, 0.5) is 0 Å². The SMILES string of the molecule is CC=CC(C=CC)(CCCCl)SO. The molecule has 0 aliphatic rings. The highest BCUT2D eigenvalue weighted by atomic mass is 35.5. The van der Waals surface area contributed by atoms with Crippen molar-refractivity contribution in [3.63, 3.8) is 0 Å². The predicted octanol–water partition coefficient (Wildman–Crippen LogP) is 4.10. The second kappa shape index (κ2) is 7.48. The monoisotopic (exact) mass is 220 g/mol. The number of hydrogen-bond acceptors (Lipinski definition) is 2. The van der Waals surface area contributed by atoms with E-state index in [4.69, 9.17) is 11.6 Å². The Morgan fingerprint density at radius 2 is 1.85 bits per heavy atom. The molecule has 3 heteroatoms. The summed E-state index contributed by atoms with van der Waals surface area (Å²) >= 11 is 6.50. The van der Waals surface area contributed by atoms with Gasteiger partial charge in [0, 0.05) is 17.9 Å². The van der Waals surface area contributed by atoms with Gasteiger partial charge in [0.05, 0.1) is 4.75 Å². The standard InChI is InChI=1S/C10H17ClOS/c1-3-6-10(13-12,7-4-2)8-5-9-11/h3-4,6-7,12H,5,8-9H2,1-2H3. The van der Waals surface area contributed by atoms with Crippen LogP contribution in [-0.4, -0.2) is 15.2 Å². The highest BCUT2D eigenvalue weighted by Gasteiger charge is 2.23. The zero-order valence-corrected chi connectivity index (χ0v) is 9.74. The largest absolute Gasteiger partial charge is 0.329 e. The lowest BCUT2D eigenvalue weighted by atomic mass is 10.0. The Morgan fingerprint density at radius 1 is 1.31 bits per heavy atom. The highest BCUT2D eigenvalue weighted by Crippen LogP contribution is 2.31. The molecule has 13 heavy (non-hydrogen) atoms. The quantitative estimate of drug-likeness (QED) is 0.413. The van der Waals surface area contributed by atoms with E-state index in [9.17, 15) is 4.55 Å². The molecule has 76 valence electrons. The molecular formula is C10H17ClOS. The molecule has 0 spiro atoms. The molecule has 0 radical (unpaired) electrons. The van der Waals surface area contributed by atoms with Gasteiger partial charge in [-0.25, -0.2) is 0 Å². The van der Waals surface area contributed by atoms with Crippen molar-refractivity contribution in [2.75, 3.05) is 5.88 Å². The molecule has 1 N–H and O–H groups in total. The third-order valence-electron chi connectivity index (χ3n) is 1.77. The normalized spacial score (nSPS) is 16.9. The summed E-state index contributed by atoms with van der Waals surface area (Å²) in [4.78, 5) is 0. The van der Waals surface area contributed by atoms with Gasteiger partial charge in [-0.2, -0.15) is 0 Å². The molecule has 0 aliphatic heterocycles. The summed E-state index contributed by atoms with van der Waals surface area (Å²) in [7, 11) is 0. The Bertz CT molecular complexity index is 166. The van der Waals surface area contributed by atoms with Crippen LogP contribution in [0, 0.1) is 0 Å². The van der Waals surface area contributed by atoms with Crippen LogP contribution in [0.25, 0.3) is 0 Å². The molecular weight excluding hydrogens is 204 g/mol. The second-order valence-corrected chi connectivity index (χ2v) is 4.16. The summed E-state index contributed by atoms with van der Waals surface area (Å²) in [6.07, 6.45) is 9.69. The van der Waals surface area contributed by atoms with Gasteiger partial charge in [-0.15, -0.1) is 11.6 Å². The topological polar surface area (TPSA) is 20.2 Å². The summed E-state index contributed by atoms with van der Waals surface area (Å²) in [5.74, 6) is 0.636. The van der Waals surface area contributed by atoms with Crippen molar-refractivity contribution in [2.45, 2.75) is 31.4 Å². The molecule has 0 atom stereocenters. The average molecular weight is 221 g/mol. The maximum absolute atomic E-state index is 9.24. The maximum Gasteiger partial charge on any atom is 0.0779 e. The third kappa shape index (κ3) is 4.75. The van der Waals surface area contributed by atoms with Crippen molar-refractivity contribution in [3.05, 3.63) is 24.3 Å². The van der Waals surface area contributed by atoms with Gasteiger partial charge in [0.1, 0.15) is 0 Å². The van der Waals surface area contributed by atoms with Gasteiger partial charge in [0.25, 0.3) is 0 Å². The fraction of sp³-hybridized carbons (Fsp3) is 0.600. The molecule has 0 heterocycles. The number of alkyl halides is 1. The van der Waals surface area contributed by atoms with E-state index in [1.165, 1.54) is 0 Å². The van der Waals surface area contributed by atoms with Crippen molar-refractivity contribution in [1.82, 2.24) is 0 Å². The van der Waals surface area contributed by atoms with E-state index >= 15 is 0 Å². The number of allylic oxidation sites excluding steroid dienone is 2. The molecule has 0 amide bonds. The maximum atomic E-state index is 9.24. The Kier molecular flexibility index (Phi) is 7.53. The summed E-state index contributed by atoms with van der Waals surface area (Å²) in [6.45, 7) is 3.91. The van der Waals surface area contributed by atoms with Gasteiger partial charge >= 0.3 is 0 Å². The van der Waals surface area contributed by atoms with Crippen LogP contribution in [0.2, 0.25) is 0 Å². The van der Waals surface area contributed by atoms with E-state index in [-0.39, 0.29) is 4.75 Å². The van der Waals surface area contributed by atoms with Gasteiger partial charge in [0.15, 0.2) is 0 Å². The summed E-state index contributed by atoms with van der Waals surface area (Å²) in [6, 6.07) is 0. The number of rotatable bonds is 6. The second-order valence-electron chi connectivity index (χ2n) is 2.84. The van der Waals surface area contributed by atoms with Crippen molar-refractivity contribution < 1.29 is 4.55 Å². The Balaban J connectivity index is 4.44. The molecule has 0 aliphatic carbocycles. The van der Waals surface area contributed by atoms with E-state index < -0.39 is 0 Å². The lowest BCUT2D eigenvalue weighted by Crippen LogP contribution is -2.18. The number of hydrogen-bond donors (Lipinski definition) is 1. The summed E-state index contributed by atoms with van der Waals surface area (Å²) in [5, 5.41) is 0. The molecule has 0 aromatic rings. The summed E-state index contributed by atoms with van der Waals surface area (Å²) in [5.41, 5.74) is 0. The minimum atomic E-state index is -0.279. The van der Waals surface area contributed by atoms with E-state index in [1.807, 2.05) is 38.2 Å². The van der Waals surface area contributed by atoms with Crippen molar-refractivity contribution >= 4 is 23.6 Å². The zero-order chi connectivity index (χ0) is 10.2. The molecule has 0 saturated carbocycles. The van der Waals surface area contributed by atoms with Crippen molar-refractivity contribution in [3.8, 4) is 0 Å². The van der Waals surface area contributed by atoms with Gasteiger partial charge in [-0.1, -0.05) is 24.3 Å². The molecule has 0 aromatic heterocycles. The number of halogens is 1. The van der Waals surface area contributed by atoms with Crippen LogP contribution in [0.3, 0.4) is 0 Å². The van der Waals surface area contributed by atoms with Gasteiger partial charge in [-0.05, 0) is 26.7 Å². The van der Waals surface area contributed by atoms with Crippen molar-refractivity contribution in [1.29, 1.82) is 0 Å². The first-order valence-corrected chi connectivity index (χ1v) is 5.71. The van der Waals surface area contributed by atoms with Crippen LogP contribution < -0.4 is 0 Å². The van der Waals surface area contributed by atoms with Crippen LogP contribution >= 0.6 is 23.6 Å². The molecule has 0 bridgehead atoms. The van der Waals surface area contributed by atoms with Gasteiger partial charge in [0.2, 0.25) is 0 Å². The molecule has 1 nitrogen and oxygen atoms in total. The highest BCUT2D eigenvalue weighted by molar-refractivity contribution is 7.95. The molecule has 0 rings (SSSR count). The fourth-order valence-corrected chi connectivity index (χ4v) is 2.00. The van der Waals surface area contributed by atoms with E-state index in [1.54, 1.807) is 0 Å². The van der Waals surface area contributed by atoms with Gasteiger partial charge in [-0.3, -0.25) is 0 Å². The zero-order valence-electron chi connectivity index (χ0n) is 8.16. The van der Waals surface area contributed by atoms with Crippen molar-refractivity contribution in [2.24, 2.45) is 0 Å². The lowest BCUT2D eigenvalue weighted by Gasteiger charge is -2.22. The van der Waals surface area contributed by atoms with Crippen LogP contribution in [0.1, 0.15) is 26.7 Å². The minimum absolute atomic E-state index is 0.279. The first-order valence-electron chi connectivity index (χ1n) is 4.41. The Morgan fingerprint density at radius 3 is 2.15 bits per heavy atom. The lowest BCUT2D eigenvalue weighted by molar-refractivity contribution is 0.622. The smallest absolute Gasteiger partial charge is 0.0779 e. The summed E-state index contributed by atoms with van der Waals surface area (Å²) < 4.78 is 8.96. The molecule has 0 fully saturated rings. The Labute approximate surface area is 90.1 Å². The molecule has 0 unspecified atom stereocenters. The first kappa shape index (κ1) is 13.1. The first-order chi connectivity index (χ1) is 6.24. The van der Waals surface area contributed by atoms with Crippen LogP contribution in [0.15, 0.2) is 24.3 Å². The third-order valence-corrected chi connectivity index (χ3v) is 2.85. The van der Waals surface area contributed by atoms with Crippen LogP contribution in [0.5, 0.6) is 0 Å². The Hall–Kier alpha value is 0.0800. The molecule has 0 aromatic carbocycles. The van der Waals surface area contributed by atoms with E-state index in [0.29, 0.717) is 5.88 Å². The van der Waals surface area contributed by atoms with E-state index in [0.717, 1.165) is 24.9 Å². The fourth-order valence-electron chi connectivity index (χ4n) is 1.24.